The van der Waals surface area contributed by atoms with Crippen molar-refractivity contribution < 1.29 is 9.53 Å². The number of rotatable bonds is 6. The topological polar surface area (TPSA) is 44.1 Å². The first-order valence-corrected chi connectivity index (χ1v) is 11.3. The maximum atomic E-state index is 12.9. The standard InChI is InChI=1S/C29H21ClN2O2/c30-24-17-15-21(16-18-24)20-32-26-14-8-7-13-25(26)31-28(32)19-27(22-9-3-1-4-10-22)34-29(33)23-11-5-2-6-12-23/h1-19H,20H2/b27-19+. The number of benzene rings is 4. The van der Waals surface area contributed by atoms with E-state index >= 15 is 0 Å². The van der Waals surface area contributed by atoms with E-state index in [-0.39, 0.29) is 0 Å². The number of para-hydroxylation sites is 2. The van der Waals surface area contributed by atoms with E-state index in [1.54, 1.807) is 12.1 Å². The summed E-state index contributed by atoms with van der Waals surface area (Å²) in [5, 5.41) is 0.693. The number of carbonyl (C=O) groups excluding carboxylic acids is 1. The van der Waals surface area contributed by atoms with Gasteiger partial charge in [0.15, 0.2) is 0 Å². The maximum absolute atomic E-state index is 12.9. The summed E-state index contributed by atoms with van der Waals surface area (Å²) < 4.78 is 8.00. The van der Waals surface area contributed by atoms with Crippen LogP contribution < -0.4 is 0 Å². The number of nitrogens with zero attached hydrogens (tertiary/aromatic N) is 2. The van der Waals surface area contributed by atoms with E-state index in [1.165, 1.54) is 0 Å². The Hall–Kier alpha value is -4.15. The fraction of sp³-hybridized carbons (Fsp3) is 0.0345. The van der Waals surface area contributed by atoms with Crippen molar-refractivity contribution in [3.05, 3.63) is 137 Å². The summed E-state index contributed by atoms with van der Waals surface area (Å²) in [6.07, 6.45) is 1.83. The molecule has 0 radical (unpaired) electrons. The molecule has 0 aliphatic rings. The molecule has 0 atom stereocenters. The van der Waals surface area contributed by atoms with Crippen molar-refractivity contribution in [2.45, 2.75) is 6.54 Å². The van der Waals surface area contributed by atoms with Crippen molar-refractivity contribution >= 4 is 40.4 Å². The Kier molecular flexibility index (Phi) is 6.23. The molecule has 5 rings (SSSR count). The second-order valence-electron chi connectivity index (χ2n) is 7.80. The molecular formula is C29H21ClN2O2. The molecule has 1 aromatic heterocycles. The molecule has 1 heterocycles. The lowest BCUT2D eigenvalue weighted by atomic mass is 10.1. The maximum Gasteiger partial charge on any atom is 0.343 e. The van der Waals surface area contributed by atoms with Gasteiger partial charge in [-0.3, -0.25) is 0 Å². The van der Waals surface area contributed by atoms with Crippen molar-refractivity contribution in [1.82, 2.24) is 9.55 Å². The molecule has 0 unspecified atom stereocenters. The smallest absolute Gasteiger partial charge is 0.343 e. The van der Waals surface area contributed by atoms with Crippen LogP contribution in [0.5, 0.6) is 0 Å². The molecule has 0 bridgehead atoms. The van der Waals surface area contributed by atoms with Crippen molar-refractivity contribution in [2.24, 2.45) is 0 Å². The van der Waals surface area contributed by atoms with Gasteiger partial charge < -0.3 is 9.30 Å². The zero-order chi connectivity index (χ0) is 23.3. The van der Waals surface area contributed by atoms with Gasteiger partial charge >= 0.3 is 5.97 Å². The molecule has 0 saturated carbocycles. The second-order valence-corrected chi connectivity index (χ2v) is 8.24. The molecule has 0 fully saturated rings. The third-order valence-electron chi connectivity index (χ3n) is 5.47. The van der Waals surface area contributed by atoms with Gasteiger partial charge in [-0.2, -0.15) is 0 Å². The van der Waals surface area contributed by atoms with Gasteiger partial charge in [-0.25, -0.2) is 9.78 Å². The van der Waals surface area contributed by atoms with Crippen LogP contribution in [-0.2, 0) is 11.3 Å². The molecule has 166 valence electrons. The summed E-state index contributed by atoms with van der Waals surface area (Å²) in [5.41, 5.74) is 4.22. The molecule has 5 aromatic rings. The monoisotopic (exact) mass is 464 g/mol. The average Bonchev–Trinajstić information content (AvgIpc) is 3.22. The second kappa shape index (κ2) is 9.77. The summed E-state index contributed by atoms with van der Waals surface area (Å²) in [5.74, 6) is 0.703. The number of ether oxygens (including phenoxy) is 1. The average molecular weight is 465 g/mol. The minimum absolute atomic E-state index is 0.420. The van der Waals surface area contributed by atoms with E-state index in [0.717, 1.165) is 22.2 Å². The molecule has 0 saturated heterocycles. The summed E-state index contributed by atoms with van der Waals surface area (Å²) in [4.78, 5) is 17.7. The van der Waals surface area contributed by atoms with Gasteiger partial charge in [0.1, 0.15) is 11.6 Å². The molecular weight excluding hydrogens is 444 g/mol. The number of esters is 1. The van der Waals surface area contributed by atoms with Crippen molar-refractivity contribution in [3.8, 4) is 0 Å². The lowest BCUT2D eigenvalue weighted by Gasteiger charge is -2.11. The zero-order valence-corrected chi connectivity index (χ0v) is 19.0. The number of imidazole rings is 1. The normalized spacial score (nSPS) is 11.5. The molecule has 0 amide bonds. The largest absolute Gasteiger partial charge is 0.422 e. The Morgan fingerprint density at radius 2 is 1.41 bits per heavy atom. The third-order valence-corrected chi connectivity index (χ3v) is 5.72. The lowest BCUT2D eigenvalue weighted by molar-refractivity contribution is 0.0693. The number of carbonyl (C=O) groups is 1. The molecule has 4 aromatic carbocycles. The van der Waals surface area contributed by atoms with Crippen molar-refractivity contribution in [2.75, 3.05) is 0 Å². The SMILES string of the molecule is O=C(O/C(=C/c1nc2ccccc2n1Cc1ccc(Cl)cc1)c1ccccc1)c1ccccc1. The Bertz CT molecular complexity index is 1460. The predicted octanol–water partition coefficient (Wildman–Crippen LogP) is 7.09. The first-order chi connectivity index (χ1) is 16.7. The third kappa shape index (κ3) is 4.77. The highest BCUT2D eigenvalue weighted by Crippen LogP contribution is 2.25. The Balaban J connectivity index is 1.60. The Labute approximate surface area is 202 Å². The van der Waals surface area contributed by atoms with Crippen LogP contribution in [0.2, 0.25) is 5.02 Å². The van der Waals surface area contributed by atoms with E-state index in [9.17, 15) is 4.79 Å². The minimum atomic E-state index is -0.420. The fourth-order valence-electron chi connectivity index (χ4n) is 3.77. The van der Waals surface area contributed by atoms with Gasteiger partial charge in [-0.15, -0.1) is 0 Å². The van der Waals surface area contributed by atoms with Crippen molar-refractivity contribution in [1.29, 1.82) is 0 Å². The number of hydrogen-bond donors (Lipinski definition) is 0. The van der Waals surface area contributed by atoms with E-state index in [1.807, 2.05) is 103 Å². The number of aromatic nitrogens is 2. The van der Waals surface area contributed by atoms with Crippen LogP contribution in [0.4, 0.5) is 0 Å². The van der Waals surface area contributed by atoms with E-state index in [2.05, 4.69) is 4.57 Å². The van der Waals surface area contributed by atoms with Gasteiger partial charge in [-0.1, -0.05) is 84.4 Å². The molecule has 0 N–H and O–H groups in total. The number of fused-ring (bicyclic) bond motifs is 1. The van der Waals surface area contributed by atoms with Gasteiger partial charge in [0.05, 0.1) is 16.6 Å². The van der Waals surface area contributed by atoms with Gasteiger partial charge in [0.2, 0.25) is 0 Å². The van der Waals surface area contributed by atoms with Gasteiger partial charge in [0.25, 0.3) is 0 Å². The van der Waals surface area contributed by atoms with Crippen LogP contribution in [0.1, 0.15) is 27.3 Å². The minimum Gasteiger partial charge on any atom is -0.422 e. The zero-order valence-electron chi connectivity index (χ0n) is 18.3. The van der Waals surface area contributed by atoms with Crippen molar-refractivity contribution in [3.63, 3.8) is 0 Å². The van der Waals surface area contributed by atoms with Crippen LogP contribution in [0.25, 0.3) is 22.9 Å². The highest BCUT2D eigenvalue weighted by molar-refractivity contribution is 6.30. The van der Waals surface area contributed by atoms with Gasteiger partial charge in [0, 0.05) is 23.2 Å². The summed E-state index contributed by atoms with van der Waals surface area (Å²) in [6.45, 7) is 0.595. The summed E-state index contributed by atoms with van der Waals surface area (Å²) >= 11 is 6.08. The highest BCUT2D eigenvalue weighted by Gasteiger charge is 2.15. The molecule has 34 heavy (non-hydrogen) atoms. The Morgan fingerprint density at radius 3 is 2.12 bits per heavy atom. The number of halogens is 1. The molecule has 4 nitrogen and oxygen atoms in total. The molecule has 0 aliphatic heterocycles. The van der Waals surface area contributed by atoms with E-state index < -0.39 is 5.97 Å². The quantitative estimate of drug-likeness (QED) is 0.199. The van der Waals surface area contributed by atoms with Crippen LogP contribution in [-0.4, -0.2) is 15.5 Å². The van der Waals surface area contributed by atoms with Crippen LogP contribution in [0.3, 0.4) is 0 Å². The van der Waals surface area contributed by atoms with Crippen LogP contribution >= 0.6 is 11.6 Å². The van der Waals surface area contributed by atoms with Crippen LogP contribution in [0.15, 0.2) is 109 Å². The van der Waals surface area contributed by atoms with Gasteiger partial charge in [-0.05, 0) is 42.0 Å². The first-order valence-electron chi connectivity index (χ1n) is 10.9. The molecule has 0 aliphatic carbocycles. The van der Waals surface area contributed by atoms with E-state index in [0.29, 0.717) is 28.7 Å². The first kappa shape index (κ1) is 21.7. The molecule has 0 spiro atoms. The highest BCUT2D eigenvalue weighted by atomic mass is 35.5. The van der Waals surface area contributed by atoms with Crippen LogP contribution in [0, 0.1) is 0 Å². The predicted molar refractivity (Wildman–Crippen MR) is 136 cm³/mol. The molecule has 5 heteroatoms. The Morgan fingerprint density at radius 1 is 0.794 bits per heavy atom. The summed E-state index contributed by atoms with van der Waals surface area (Å²) in [7, 11) is 0. The summed E-state index contributed by atoms with van der Waals surface area (Å²) in [6, 6.07) is 34.3. The fourth-order valence-corrected chi connectivity index (χ4v) is 3.89. The lowest BCUT2D eigenvalue weighted by Crippen LogP contribution is -2.06. The number of hydrogen-bond acceptors (Lipinski definition) is 3. The van der Waals surface area contributed by atoms with E-state index in [4.69, 9.17) is 21.3 Å².